The lowest BCUT2D eigenvalue weighted by molar-refractivity contribution is 0.661. The van der Waals surface area contributed by atoms with Crippen LogP contribution in [0.25, 0.3) is 145 Å². The van der Waals surface area contributed by atoms with Crippen molar-refractivity contribution >= 4 is 43.6 Å². The molecule has 0 saturated heterocycles. The second-order valence-electron chi connectivity index (χ2n) is 21.1. The largest absolute Gasteiger partial charge is 0.309 e. The normalized spacial score (nSPS) is 12.9. The van der Waals surface area contributed by atoms with E-state index in [0.717, 1.165) is 72.0 Å². The average Bonchev–Trinajstić information content (AvgIpc) is 4.22. The molecule has 2 aliphatic rings. The van der Waals surface area contributed by atoms with Gasteiger partial charge in [0.15, 0.2) is 17.5 Å². The Morgan fingerprint density at radius 1 is 0.312 bits per heavy atom. The van der Waals surface area contributed by atoms with E-state index in [9.17, 15) is 0 Å². The molecule has 5 nitrogen and oxygen atoms in total. The zero-order valence-corrected chi connectivity index (χ0v) is 42.4. The summed E-state index contributed by atoms with van der Waals surface area (Å²) in [6.45, 7) is 4.77. The Labute approximate surface area is 445 Å². The van der Waals surface area contributed by atoms with E-state index in [4.69, 9.17) is 15.0 Å². The van der Waals surface area contributed by atoms with Crippen molar-refractivity contribution in [3.8, 4) is 101 Å². The summed E-state index contributed by atoms with van der Waals surface area (Å²) in [6, 6.07) is 90.0. The molecule has 1 aliphatic heterocycles. The first-order valence-electron chi connectivity index (χ1n) is 26.5. The standard InChI is InChI=1S/C72H47N5/c1-72(2)59-32-16-29-54-55-30-15-28-52(67(55)77-61-33-11-9-26-53(61)56-40-41-60(72)66(65(54)59)68(56)77)49-22-13-20-47(42-49)48-21-14-23-50(43-48)70-73-69(46-38-36-45(37-39-46)44-18-5-3-6-19-44)74-71(75-70)58-31-17-35-63-64(58)57-27-10-12-34-62(57)76(63)51-24-7-4-8-25-51/h3-43H,1-2H3. The molecule has 4 heterocycles. The van der Waals surface area contributed by atoms with Gasteiger partial charge in [-0.3, -0.25) is 0 Å². The second kappa shape index (κ2) is 16.5. The number of nitrogens with zero attached hydrogens (tertiary/aromatic N) is 5. The Balaban J connectivity index is 0.863. The van der Waals surface area contributed by atoms with Crippen molar-refractivity contribution in [3.05, 3.63) is 260 Å². The molecule has 77 heavy (non-hydrogen) atoms. The quantitative estimate of drug-likeness (QED) is 0.160. The lowest BCUT2D eigenvalue weighted by Crippen LogP contribution is -2.15. The van der Waals surface area contributed by atoms with Gasteiger partial charge in [0.2, 0.25) is 0 Å². The van der Waals surface area contributed by atoms with Gasteiger partial charge in [-0.1, -0.05) is 220 Å². The van der Waals surface area contributed by atoms with E-state index in [1.54, 1.807) is 0 Å². The van der Waals surface area contributed by atoms with Crippen LogP contribution in [0.2, 0.25) is 0 Å². The van der Waals surface area contributed by atoms with Gasteiger partial charge in [0.1, 0.15) is 0 Å². The number of aromatic nitrogens is 5. The Morgan fingerprint density at radius 2 is 0.831 bits per heavy atom. The molecule has 0 N–H and O–H groups in total. The van der Waals surface area contributed by atoms with E-state index < -0.39 is 0 Å². The van der Waals surface area contributed by atoms with E-state index in [-0.39, 0.29) is 5.41 Å². The first kappa shape index (κ1) is 43.4. The van der Waals surface area contributed by atoms with E-state index in [2.05, 4.69) is 266 Å². The Hall–Kier alpha value is -9.97. The topological polar surface area (TPSA) is 48.5 Å². The average molecular weight is 982 g/mol. The summed E-state index contributed by atoms with van der Waals surface area (Å²) >= 11 is 0. The molecule has 0 atom stereocenters. The molecule has 360 valence electrons. The van der Waals surface area contributed by atoms with Crippen molar-refractivity contribution in [2.75, 3.05) is 0 Å². The van der Waals surface area contributed by atoms with Crippen LogP contribution in [-0.4, -0.2) is 24.1 Å². The SMILES string of the molecule is CC1(C)c2cccc3c2-c2c1ccc1c4ccccc4n(c21)-c1c(-c2cccc(-c4cccc(-c5nc(-c6ccc(-c7ccccc7)cc6)nc(-c6cccc7c6c6ccccc6n7-c6ccccc6)n5)c4)c2)cccc1-3. The van der Waals surface area contributed by atoms with Crippen molar-refractivity contribution in [2.24, 2.45) is 0 Å². The fraction of sp³-hybridized carbons (Fsp3) is 0.0417. The van der Waals surface area contributed by atoms with Gasteiger partial charge in [-0.05, 0) is 92.5 Å². The lowest BCUT2D eigenvalue weighted by Gasteiger charge is -2.23. The van der Waals surface area contributed by atoms with Gasteiger partial charge in [0.05, 0.1) is 27.8 Å². The molecule has 0 bridgehead atoms. The maximum absolute atomic E-state index is 5.42. The molecular weight excluding hydrogens is 935 g/mol. The Bertz CT molecular complexity index is 4750. The summed E-state index contributed by atoms with van der Waals surface area (Å²) in [6.07, 6.45) is 0. The van der Waals surface area contributed by atoms with Crippen LogP contribution in [0, 0.1) is 0 Å². The van der Waals surface area contributed by atoms with Gasteiger partial charge in [-0.15, -0.1) is 0 Å². The minimum atomic E-state index is -0.120. The highest BCUT2D eigenvalue weighted by atomic mass is 15.0. The first-order valence-corrected chi connectivity index (χ1v) is 26.5. The fourth-order valence-electron chi connectivity index (χ4n) is 13.0. The number of rotatable bonds is 7. The van der Waals surface area contributed by atoms with Crippen LogP contribution in [-0.2, 0) is 5.41 Å². The molecule has 0 saturated carbocycles. The zero-order valence-electron chi connectivity index (χ0n) is 42.4. The second-order valence-corrected chi connectivity index (χ2v) is 21.1. The smallest absolute Gasteiger partial charge is 0.164 e. The molecule has 5 heteroatoms. The minimum Gasteiger partial charge on any atom is -0.309 e. The number of fused-ring (bicyclic) bond motifs is 9. The predicted octanol–water partition coefficient (Wildman–Crippen LogP) is 18.4. The molecule has 11 aromatic carbocycles. The zero-order chi connectivity index (χ0) is 50.9. The maximum Gasteiger partial charge on any atom is 0.164 e. The van der Waals surface area contributed by atoms with Gasteiger partial charge < -0.3 is 9.13 Å². The third-order valence-corrected chi connectivity index (χ3v) is 16.5. The van der Waals surface area contributed by atoms with E-state index in [1.165, 1.54) is 66.4 Å². The number of para-hydroxylation sites is 4. The molecular formula is C72H47N5. The van der Waals surface area contributed by atoms with Gasteiger partial charge >= 0.3 is 0 Å². The van der Waals surface area contributed by atoms with Gasteiger partial charge in [0, 0.05) is 66.0 Å². The summed E-state index contributed by atoms with van der Waals surface area (Å²) in [4.78, 5) is 16.1. The third-order valence-electron chi connectivity index (χ3n) is 16.5. The highest BCUT2D eigenvalue weighted by Gasteiger charge is 2.41. The van der Waals surface area contributed by atoms with Crippen LogP contribution in [0.15, 0.2) is 249 Å². The molecule has 1 aliphatic carbocycles. The highest BCUT2D eigenvalue weighted by Crippen LogP contribution is 2.59. The van der Waals surface area contributed by atoms with Crippen LogP contribution >= 0.6 is 0 Å². The summed E-state index contributed by atoms with van der Waals surface area (Å²) in [5, 5.41) is 4.79. The van der Waals surface area contributed by atoms with Crippen LogP contribution in [0.1, 0.15) is 25.0 Å². The summed E-state index contributed by atoms with van der Waals surface area (Å²) in [7, 11) is 0. The molecule has 0 unspecified atom stereocenters. The Morgan fingerprint density at radius 3 is 1.62 bits per heavy atom. The maximum atomic E-state index is 5.42. The van der Waals surface area contributed by atoms with Crippen LogP contribution < -0.4 is 0 Å². The molecule has 0 fully saturated rings. The number of benzene rings is 11. The van der Waals surface area contributed by atoms with Crippen LogP contribution in [0.4, 0.5) is 0 Å². The van der Waals surface area contributed by atoms with Crippen molar-refractivity contribution in [2.45, 2.75) is 19.3 Å². The number of hydrogen-bond donors (Lipinski definition) is 0. The van der Waals surface area contributed by atoms with E-state index >= 15 is 0 Å². The van der Waals surface area contributed by atoms with E-state index in [0.29, 0.717) is 17.5 Å². The first-order chi connectivity index (χ1) is 38.0. The van der Waals surface area contributed by atoms with Crippen molar-refractivity contribution < 1.29 is 0 Å². The van der Waals surface area contributed by atoms with Gasteiger partial charge in [-0.2, -0.15) is 0 Å². The summed E-state index contributed by atoms with van der Waals surface area (Å²) in [5.41, 5.74) is 24.5. The molecule has 0 amide bonds. The highest BCUT2D eigenvalue weighted by molar-refractivity contribution is 6.20. The van der Waals surface area contributed by atoms with Gasteiger partial charge in [0.25, 0.3) is 0 Å². The molecule has 3 aromatic heterocycles. The van der Waals surface area contributed by atoms with Crippen molar-refractivity contribution in [3.63, 3.8) is 0 Å². The monoisotopic (exact) mass is 981 g/mol. The molecule has 0 spiro atoms. The van der Waals surface area contributed by atoms with E-state index in [1.807, 2.05) is 6.07 Å². The van der Waals surface area contributed by atoms with Crippen LogP contribution in [0.3, 0.4) is 0 Å². The van der Waals surface area contributed by atoms with Crippen molar-refractivity contribution in [1.82, 2.24) is 24.1 Å². The lowest BCUT2D eigenvalue weighted by atomic mass is 9.81. The van der Waals surface area contributed by atoms with Crippen molar-refractivity contribution in [1.29, 1.82) is 0 Å². The minimum absolute atomic E-state index is 0.120. The molecule has 14 aromatic rings. The summed E-state index contributed by atoms with van der Waals surface area (Å²) in [5.74, 6) is 1.84. The van der Waals surface area contributed by atoms with Crippen LogP contribution in [0.5, 0.6) is 0 Å². The third kappa shape index (κ3) is 6.44. The Kier molecular flexibility index (Phi) is 9.32. The predicted molar refractivity (Wildman–Crippen MR) is 318 cm³/mol. The molecule has 16 rings (SSSR count). The van der Waals surface area contributed by atoms with Gasteiger partial charge in [-0.25, -0.2) is 15.0 Å². The summed E-state index contributed by atoms with van der Waals surface area (Å²) < 4.78 is 4.92. The fourth-order valence-corrected chi connectivity index (χ4v) is 13.0. The number of hydrogen-bond acceptors (Lipinski definition) is 3. The molecule has 0 radical (unpaired) electrons.